The molecule has 8 heteroatoms. The Morgan fingerprint density at radius 2 is 1.83 bits per heavy atom. The van der Waals surface area contributed by atoms with Gasteiger partial charge in [0, 0.05) is 19.0 Å². The number of ether oxygens (including phenoxy) is 2. The van der Waals surface area contributed by atoms with Gasteiger partial charge in [0.05, 0.1) is 6.04 Å². The summed E-state index contributed by atoms with van der Waals surface area (Å²) >= 11 is 0. The molecular weight excluding hydrogens is 446 g/mol. The number of cyclic esters (lactones) is 1. The van der Waals surface area contributed by atoms with E-state index in [2.05, 4.69) is 0 Å². The normalized spacial score (nSPS) is 20.0. The lowest BCUT2D eigenvalue weighted by Gasteiger charge is -2.34. The molecule has 194 valence electrons. The molecule has 2 N–H and O–H groups in total. The first-order chi connectivity index (χ1) is 16.7. The average Bonchev–Trinajstić information content (AvgIpc) is 3.18. The van der Waals surface area contributed by atoms with Crippen molar-refractivity contribution >= 4 is 18.1 Å². The second-order valence-corrected chi connectivity index (χ2v) is 10.7. The Hall–Kier alpha value is -2.61. The Morgan fingerprint density at radius 1 is 1.14 bits per heavy atom. The van der Waals surface area contributed by atoms with E-state index in [0.29, 0.717) is 44.8 Å². The third kappa shape index (κ3) is 7.95. The molecule has 0 bridgehead atoms. The number of hydrogen-bond acceptors (Lipinski definition) is 6. The maximum absolute atomic E-state index is 13.5. The number of piperidine rings is 1. The van der Waals surface area contributed by atoms with Crippen LogP contribution in [0.15, 0.2) is 30.3 Å². The van der Waals surface area contributed by atoms with Crippen LogP contribution in [0.2, 0.25) is 0 Å². The largest absolute Gasteiger partial charge is 0.447 e. The Labute approximate surface area is 209 Å². The van der Waals surface area contributed by atoms with Gasteiger partial charge in [-0.05, 0) is 83.7 Å². The van der Waals surface area contributed by atoms with Gasteiger partial charge in [-0.2, -0.15) is 0 Å². The number of imide groups is 1. The summed E-state index contributed by atoms with van der Waals surface area (Å²) in [6.45, 7) is 7.68. The molecule has 2 saturated heterocycles. The van der Waals surface area contributed by atoms with E-state index >= 15 is 0 Å². The van der Waals surface area contributed by atoms with E-state index in [-0.39, 0.29) is 30.6 Å². The van der Waals surface area contributed by atoms with Crippen LogP contribution in [0.5, 0.6) is 0 Å². The summed E-state index contributed by atoms with van der Waals surface area (Å²) in [6, 6.07) is 9.58. The van der Waals surface area contributed by atoms with E-state index in [1.165, 1.54) is 4.90 Å². The molecule has 2 atom stereocenters. The SMILES string of the molecule is CC(C)(C)OC(=O)N1CCC(CC[C@H](CCCN)C(=O)N2C(=O)OC[C@@H]2Cc2ccccc2)CC1. The van der Waals surface area contributed by atoms with Crippen molar-refractivity contribution in [1.82, 2.24) is 9.80 Å². The minimum Gasteiger partial charge on any atom is -0.447 e. The number of amides is 3. The van der Waals surface area contributed by atoms with Crippen molar-refractivity contribution in [2.24, 2.45) is 17.6 Å². The predicted molar refractivity (Wildman–Crippen MR) is 134 cm³/mol. The lowest BCUT2D eigenvalue weighted by atomic mass is 9.86. The van der Waals surface area contributed by atoms with Gasteiger partial charge in [0.1, 0.15) is 12.2 Å². The molecule has 0 spiro atoms. The number of hydrogen-bond donors (Lipinski definition) is 1. The fourth-order valence-corrected chi connectivity index (χ4v) is 4.89. The smallest absolute Gasteiger partial charge is 0.416 e. The van der Waals surface area contributed by atoms with Gasteiger partial charge >= 0.3 is 12.2 Å². The second-order valence-electron chi connectivity index (χ2n) is 10.7. The minimum absolute atomic E-state index is 0.145. The molecule has 0 unspecified atom stereocenters. The molecule has 8 nitrogen and oxygen atoms in total. The van der Waals surface area contributed by atoms with E-state index in [1.807, 2.05) is 51.1 Å². The van der Waals surface area contributed by atoms with Crippen molar-refractivity contribution in [3.8, 4) is 0 Å². The summed E-state index contributed by atoms with van der Waals surface area (Å²) in [7, 11) is 0. The van der Waals surface area contributed by atoms with Gasteiger partial charge in [-0.1, -0.05) is 30.3 Å². The molecule has 2 fully saturated rings. The van der Waals surface area contributed by atoms with E-state index in [0.717, 1.165) is 31.2 Å². The standard InChI is InChI=1S/C27H41N3O5/c1-27(2,3)35-25(32)29-16-13-20(14-17-29)11-12-22(10-7-15-28)24(31)30-23(19-34-26(30)33)18-21-8-5-4-6-9-21/h4-6,8-9,20,22-23H,7,10-19,28H2,1-3H3/t22-,23-/m0/s1. The lowest BCUT2D eigenvalue weighted by molar-refractivity contribution is -0.134. The fourth-order valence-electron chi connectivity index (χ4n) is 4.89. The summed E-state index contributed by atoms with van der Waals surface area (Å²) < 4.78 is 10.8. The maximum atomic E-state index is 13.5. The second kappa shape index (κ2) is 12.4. The molecule has 2 aliphatic heterocycles. The van der Waals surface area contributed by atoms with Crippen LogP contribution in [0.4, 0.5) is 9.59 Å². The third-order valence-corrected chi connectivity index (χ3v) is 6.81. The van der Waals surface area contributed by atoms with Crippen molar-refractivity contribution in [1.29, 1.82) is 0 Å². The van der Waals surface area contributed by atoms with Crippen LogP contribution < -0.4 is 5.73 Å². The average molecular weight is 488 g/mol. The van der Waals surface area contributed by atoms with Crippen LogP contribution in [0.25, 0.3) is 0 Å². The van der Waals surface area contributed by atoms with Gasteiger partial charge in [0.2, 0.25) is 5.91 Å². The van der Waals surface area contributed by atoms with Gasteiger partial charge < -0.3 is 20.1 Å². The molecule has 0 aliphatic carbocycles. The molecular formula is C27H41N3O5. The Kier molecular flexibility index (Phi) is 9.55. The number of rotatable bonds is 9. The summed E-state index contributed by atoms with van der Waals surface area (Å²) in [5, 5.41) is 0. The fraction of sp³-hybridized carbons (Fsp3) is 0.667. The lowest BCUT2D eigenvalue weighted by Crippen LogP contribution is -2.44. The molecule has 35 heavy (non-hydrogen) atoms. The van der Waals surface area contributed by atoms with Gasteiger partial charge in [-0.15, -0.1) is 0 Å². The number of benzene rings is 1. The number of carbonyl (C=O) groups excluding carboxylic acids is 3. The first-order valence-corrected chi connectivity index (χ1v) is 12.9. The maximum Gasteiger partial charge on any atom is 0.416 e. The molecule has 2 heterocycles. The van der Waals surface area contributed by atoms with Crippen LogP contribution in [0.1, 0.15) is 64.9 Å². The van der Waals surface area contributed by atoms with Crippen LogP contribution in [-0.4, -0.2) is 65.8 Å². The summed E-state index contributed by atoms with van der Waals surface area (Å²) in [5.41, 5.74) is 6.32. The minimum atomic E-state index is -0.542. The third-order valence-electron chi connectivity index (χ3n) is 6.81. The van der Waals surface area contributed by atoms with E-state index < -0.39 is 11.7 Å². The molecule has 2 aliphatic rings. The van der Waals surface area contributed by atoms with Crippen LogP contribution in [0.3, 0.4) is 0 Å². The summed E-state index contributed by atoms with van der Waals surface area (Å²) in [5.74, 6) is 0.0342. The highest BCUT2D eigenvalue weighted by atomic mass is 16.6. The molecule has 3 rings (SSSR count). The van der Waals surface area contributed by atoms with Gasteiger partial charge in [-0.3, -0.25) is 4.79 Å². The van der Waals surface area contributed by atoms with E-state index in [9.17, 15) is 14.4 Å². The number of likely N-dealkylation sites (tertiary alicyclic amines) is 1. The highest BCUT2D eigenvalue weighted by Crippen LogP contribution is 2.29. The first kappa shape index (κ1) is 27.0. The molecule has 0 radical (unpaired) electrons. The van der Waals surface area contributed by atoms with Gasteiger partial charge in [0.25, 0.3) is 0 Å². The van der Waals surface area contributed by atoms with Crippen LogP contribution >= 0.6 is 0 Å². The van der Waals surface area contributed by atoms with Gasteiger partial charge in [0.15, 0.2) is 0 Å². The Bertz CT molecular complexity index is 846. The van der Waals surface area contributed by atoms with Crippen molar-refractivity contribution in [3.05, 3.63) is 35.9 Å². The van der Waals surface area contributed by atoms with Crippen LogP contribution in [-0.2, 0) is 20.7 Å². The topological polar surface area (TPSA) is 102 Å². The highest BCUT2D eigenvalue weighted by molar-refractivity contribution is 5.94. The number of carbonyl (C=O) groups is 3. The van der Waals surface area contributed by atoms with Crippen LogP contribution in [0, 0.1) is 11.8 Å². The van der Waals surface area contributed by atoms with Gasteiger partial charge in [-0.25, -0.2) is 14.5 Å². The Morgan fingerprint density at radius 3 is 2.46 bits per heavy atom. The summed E-state index contributed by atoms with van der Waals surface area (Å²) in [4.78, 5) is 41.5. The van der Waals surface area contributed by atoms with Crippen molar-refractivity contribution < 1.29 is 23.9 Å². The molecule has 1 aromatic rings. The predicted octanol–water partition coefficient (Wildman–Crippen LogP) is 4.36. The Balaban J connectivity index is 1.56. The zero-order chi connectivity index (χ0) is 25.4. The number of nitrogens with zero attached hydrogens (tertiary/aromatic N) is 2. The van der Waals surface area contributed by atoms with Crippen molar-refractivity contribution in [3.63, 3.8) is 0 Å². The highest BCUT2D eigenvalue weighted by Gasteiger charge is 2.40. The summed E-state index contributed by atoms with van der Waals surface area (Å²) in [6.07, 6.45) is 4.55. The quantitative estimate of drug-likeness (QED) is 0.555. The molecule has 3 amide bonds. The van der Waals surface area contributed by atoms with Crippen molar-refractivity contribution in [2.75, 3.05) is 26.2 Å². The van der Waals surface area contributed by atoms with Crippen molar-refractivity contribution in [2.45, 2.75) is 77.4 Å². The monoisotopic (exact) mass is 487 g/mol. The van der Waals surface area contributed by atoms with E-state index in [4.69, 9.17) is 15.2 Å². The van der Waals surface area contributed by atoms with E-state index in [1.54, 1.807) is 4.90 Å². The molecule has 1 aromatic carbocycles. The zero-order valence-electron chi connectivity index (χ0n) is 21.4. The number of nitrogens with two attached hydrogens (primary N) is 1. The molecule has 0 saturated carbocycles. The zero-order valence-corrected chi connectivity index (χ0v) is 21.4. The molecule has 0 aromatic heterocycles. The first-order valence-electron chi connectivity index (χ1n) is 12.9.